The van der Waals surface area contributed by atoms with Gasteiger partial charge < -0.3 is 25.2 Å². The molecule has 1 aromatic rings. The van der Waals surface area contributed by atoms with Crippen molar-refractivity contribution in [2.45, 2.75) is 19.4 Å². The van der Waals surface area contributed by atoms with Crippen molar-refractivity contribution >= 4 is 17.8 Å². The zero-order valence-corrected chi connectivity index (χ0v) is 14.4. The fourth-order valence-corrected chi connectivity index (χ4v) is 1.98. The first kappa shape index (κ1) is 20.0. The second kappa shape index (κ2) is 9.96. The van der Waals surface area contributed by atoms with Crippen molar-refractivity contribution in [3.8, 4) is 11.5 Å². The van der Waals surface area contributed by atoms with E-state index < -0.39 is 23.8 Å². The lowest BCUT2D eigenvalue weighted by atomic mass is 10.2. The van der Waals surface area contributed by atoms with Crippen LogP contribution >= 0.6 is 0 Å². The van der Waals surface area contributed by atoms with Crippen LogP contribution in [0.25, 0.3) is 0 Å². The second-order valence-corrected chi connectivity index (χ2v) is 5.02. The van der Waals surface area contributed by atoms with Gasteiger partial charge in [-0.1, -0.05) is 12.2 Å². The Morgan fingerprint density at radius 1 is 1.20 bits per heavy atom. The number of carbonyl (C=O) groups is 3. The molecule has 0 aliphatic carbocycles. The molecule has 0 heterocycles. The van der Waals surface area contributed by atoms with Crippen LogP contribution in [0.2, 0.25) is 0 Å². The van der Waals surface area contributed by atoms with Crippen molar-refractivity contribution in [3.63, 3.8) is 0 Å². The minimum absolute atomic E-state index is 0.168. The fourth-order valence-electron chi connectivity index (χ4n) is 1.98. The zero-order chi connectivity index (χ0) is 18.8. The molecule has 0 aliphatic rings. The Hall–Kier alpha value is -3.03. The van der Waals surface area contributed by atoms with Crippen LogP contribution in [-0.4, -0.2) is 49.7 Å². The molecule has 1 aromatic carbocycles. The minimum atomic E-state index is -1.14. The molecule has 0 saturated carbocycles. The molecular formula is C17H22N2O6. The highest BCUT2D eigenvalue weighted by molar-refractivity contribution is 5.97. The molecule has 0 fully saturated rings. The summed E-state index contributed by atoms with van der Waals surface area (Å²) in [7, 11) is 2.93. The van der Waals surface area contributed by atoms with E-state index in [1.54, 1.807) is 25.1 Å². The van der Waals surface area contributed by atoms with Crippen molar-refractivity contribution < 1.29 is 29.0 Å². The molecule has 0 aliphatic heterocycles. The van der Waals surface area contributed by atoms with E-state index in [0.29, 0.717) is 11.5 Å². The number of benzene rings is 1. The Balaban J connectivity index is 2.63. The van der Waals surface area contributed by atoms with Gasteiger partial charge in [-0.05, 0) is 31.5 Å². The fraction of sp³-hybridized carbons (Fsp3) is 0.353. The summed E-state index contributed by atoms with van der Waals surface area (Å²) in [5.41, 5.74) is 0.286. The van der Waals surface area contributed by atoms with E-state index in [0.717, 1.165) is 0 Å². The third-order valence-electron chi connectivity index (χ3n) is 3.30. The van der Waals surface area contributed by atoms with Gasteiger partial charge in [0.2, 0.25) is 5.91 Å². The molecule has 1 unspecified atom stereocenters. The third-order valence-corrected chi connectivity index (χ3v) is 3.30. The first-order valence-corrected chi connectivity index (χ1v) is 7.56. The number of allylic oxidation sites excluding steroid dienone is 1. The molecule has 1 atom stereocenters. The maximum absolute atomic E-state index is 12.1. The average molecular weight is 350 g/mol. The number of nitrogens with one attached hydrogen (secondary N) is 2. The van der Waals surface area contributed by atoms with Crippen LogP contribution < -0.4 is 20.1 Å². The number of carboxylic acid groups (broad SMARTS) is 1. The van der Waals surface area contributed by atoms with Gasteiger partial charge in [0.15, 0.2) is 11.5 Å². The van der Waals surface area contributed by atoms with E-state index in [4.69, 9.17) is 14.6 Å². The number of ether oxygens (including phenoxy) is 2. The number of hydrogen-bond acceptors (Lipinski definition) is 5. The highest BCUT2D eigenvalue weighted by atomic mass is 16.5. The van der Waals surface area contributed by atoms with Crippen LogP contribution in [0.5, 0.6) is 11.5 Å². The Kier molecular flexibility index (Phi) is 7.98. The molecule has 1 rings (SSSR count). The first-order chi connectivity index (χ1) is 11.9. The lowest BCUT2D eigenvalue weighted by Gasteiger charge is -2.13. The van der Waals surface area contributed by atoms with E-state index in [1.165, 1.54) is 26.4 Å². The second-order valence-electron chi connectivity index (χ2n) is 5.02. The molecule has 8 nitrogen and oxygen atoms in total. The summed E-state index contributed by atoms with van der Waals surface area (Å²) in [5, 5.41) is 13.8. The lowest BCUT2D eigenvalue weighted by Crippen LogP contribution is -2.45. The molecule has 2 amide bonds. The molecule has 136 valence electrons. The van der Waals surface area contributed by atoms with Gasteiger partial charge in [-0.15, -0.1) is 0 Å². The quantitative estimate of drug-likeness (QED) is 0.572. The van der Waals surface area contributed by atoms with Gasteiger partial charge in [-0.3, -0.25) is 9.59 Å². The Bertz CT molecular complexity index is 657. The lowest BCUT2D eigenvalue weighted by molar-refractivity contribution is -0.141. The van der Waals surface area contributed by atoms with E-state index in [-0.39, 0.29) is 18.5 Å². The summed E-state index contributed by atoms with van der Waals surface area (Å²) >= 11 is 0. The summed E-state index contributed by atoms with van der Waals surface area (Å²) in [5.74, 6) is -1.36. The zero-order valence-electron chi connectivity index (χ0n) is 14.4. The van der Waals surface area contributed by atoms with E-state index >= 15 is 0 Å². The number of carboxylic acids is 1. The Morgan fingerprint density at radius 3 is 2.44 bits per heavy atom. The van der Waals surface area contributed by atoms with Crippen LogP contribution in [-0.2, 0) is 9.59 Å². The molecule has 0 radical (unpaired) electrons. The van der Waals surface area contributed by atoms with Crippen LogP contribution in [0.1, 0.15) is 23.7 Å². The third kappa shape index (κ3) is 6.17. The number of methoxy groups -OCH3 is 2. The van der Waals surface area contributed by atoms with Gasteiger partial charge >= 0.3 is 5.97 Å². The summed E-state index contributed by atoms with van der Waals surface area (Å²) in [6, 6.07) is 3.55. The van der Waals surface area contributed by atoms with Crippen molar-refractivity contribution in [1.82, 2.24) is 10.6 Å². The maximum atomic E-state index is 12.1. The Morgan fingerprint density at radius 2 is 1.88 bits per heavy atom. The Labute approximate surface area is 145 Å². The van der Waals surface area contributed by atoms with Crippen LogP contribution in [0.3, 0.4) is 0 Å². The van der Waals surface area contributed by atoms with Crippen molar-refractivity contribution in [2.75, 3.05) is 20.8 Å². The van der Waals surface area contributed by atoms with Gasteiger partial charge in [0.1, 0.15) is 6.04 Å². The minimum Gasteiger partial charge on any atom is -0.493 e. The van der Waals surface area contributed by atoms with Crippen molar-refractivity contribution in [3.05, 3.63) is 35.9 Å². The molecule has 0 bridgehead atoms. The molecule has 0 saturated heterocycles. The number of amides is 2. The van der Waals surface area contributed by atoms with Crippen LogP contribution in [0.15, 0.2) is 30.4 Å². The number of hydrogen-bond donors (Lipinski definition) is 3. The molecular weight excluding hydrogens is 328 g/mol. The molecule has 3 N–H and O–H groups in total. The highest BCUT2D eigenvalue weighted by Crippen LogP contribution is 2.27. The molecule has 0 aromatic heterocycles. The van der Waals surface area contributed by atoms with E-state index in [1.807, 2.05) is 0 Å². The van der Waals surface area contributed by atoms with Crippen molar-refractivity contribution in [2.24, 2.45) is 0 Å². The highest BCUT2D eigenvalue weighted by Gasteiger charge is 2.19. The molecule has 25 heavy (non-hydrogen) atoms. The van der Waals surface area contributed by atoms with Gasteiger partial charge in [0, 0.05) is 5.56 Å². The summed E-state index contributed by atoms with van der Waals surface area (Å²) < 4.78 is 10.2. The maximum Gasteiger partial charge on any atom is 0.326 e. The summed E-state index contributed by atoms with van der Waals surface area (Å²) in [6.45, 7) is 1.41. The summed E-state index contributed by atoms with van der Waals surface area (Å²) in [6.07, 6.45) is 3.50. The predicted octanol–water partition coefficient (Wildman–Crippen LogP) is 0.969. The topological polar surface area (TPSA) is 114 Å². The standard InChI is InChI=1S/C17H22N2O6/c1-4-5-6-12(17(22)23)19-15(20)10-18-16(21)11-7-8-13(24-2)14(9-11)25-3/h4-5,7-9,12H,6,10H2,1-3H3,(H,18,21)(H,19,20)(H,22,23)/b5-4+. The van der Waals surface area contributed by atoms with Gasteiger partial charge in [0.25, 0.3) is 5.91 Å². The van der Waals surface area contributed by atoms with Gasteiger partial charge in [0.05, 0.1) is 20.8 Å². The van der Waals surface area contributed by atoms with Gasteiger partial charge in [-0.25, -0.2) is 4.79 Å². The first-order valence-electron chi connectivity index (χ1n) is 7.56. The molecule has 0 spiro atoms. The smallest absolute Gasteiger partial charge is 0.326 e. The van der Waals surface area contributed by atoms with Crippen LogP contribution in [0.4, 0.5) is 0 Å². The normalized spacial score (nSPS) is 11.6. The number of carbonyl (C=O) groups excluding carboxylic acids is 2. The monoisotopic (exact) mass is 350 g/mol. The largest absolute Gasteiger partial charge is 0.493 e. The average Bonchev–Trinajstić information content (AvgIpc) is 2.62. The predicted molar refractivity (Wildman–Crippen MR) is 90.9 cm³/mol. The van der Waals surface area contributed by atoms with Gasteiger partial charge in [-0.2, -0.15) is 0 Å². The number of rotatable bonds is 9. The van der Waals surface area contributed by atoms with Crippen molar-refractivity contribution in [1.29, 1.82) is 0 Å². The van der Waals surface area contributed by atoms with E-state index in [2.05, 4.69) is 10.6 Å². The number of aliphatic carboxylic acids is 1. The van der Waals surface area contributed by atoms with Crippen LogP contribution in [0, 0.1) is 0 Å². The summed E-state index contributed by atoms with van der Waals surface area (Å²) in [4.78, 5) is 35.0. The molecule has 8 heteroatoms. The van der Waals surface area contributed by atoms with E-state index in [9.17, 15) is 14.4 Å². The SMILES string of the molecule is C/C=C/CC(NC(=O)CNC(=O)c1ccc(OC)c(OC)c1)C(=O)O.